The first-order valence-electron chi connectivity index (χ1n) is 8.78. The predicted octanol–water partition coefficient (Wildman–Crippen LogP) is 2.68. The number of hydrogen-bond acceptors (Lipinski definition) is 6. The summed E-state index contributed by atoms with van der Waals surface area (Å²) in [5.41, 5.74) is 2.15. The highest BCUT2D eigenvalue weighted by Crippen LogP contribution is 2.23. The predicted molar refractivity (Wildman–Crippen MR) is 94.7 cm³/mol. The van der Waals surface area contributed by atoms with Crippen LogP contribution in [0.2, 0.25) is 0 Å². The summed E-state index contributed by atoms with van der Waals surface area (Å²) < 4.78 is 5.01. The maximum Gasteiger partial charge on any atom is 0.256 e. The number of hydrogen-bond donors (Lipinski definition) is 1. The van der Waals surface area contributed by atoms with E-state index in [1.165, 1.54) is 6.26 Å². The third-order valence-electron chi connectivity index (χ3n) is 4.73. The highest BCUT2D eigenvalue weighted by molar-refractivity contribution is 5.95. The van der Waals surface area contributed by atoms with Crippen LogP contribution in [0.5, 0.6) is 0 Å². The number of nitrogens with zero attached hydrogens (tertiary/aromatic N) is 4. The maximum atomic E-state index is 12.7. The summed E-state index contributed by atoms with van der Waals surface area (Å²) in [5.74, 6) is 0.730. The van der Waals surface area contributed by atoms with Crippen molar-refractivity contribution >= 4 is 11.9 Å². The third-order valence-corrected chi connectivity index (χ3v) is 4.73. The second kappa shape index (κ2) is 7.21. The molecule has 1 N–H and O–H groups in total. The van der Waals surface area contributed by atoms with E-state index in [9.17, 15) is 4.79 Å². The maximum absolute atomic E-state index is 12.7. The van der Waals surface area contributed by atoms with E-state index in [1.54, 1.807) is 6.20 Å². The Morgan fingerprint density at radius 1 is 1.44 bits per heavy atom. The molecule has 0 aromatic carbocycles. The van der Waals surface area contributed by atoms with Crippen LogP contribution in [0.15, 0.2) is 23.0 Å². The van der Waals surface area contributed by atoms with Crippen LogP contribution in [0.4, 0.5) is 5.95 Å². The first kappa shape index (κ1) is 17.4. The van der Waals surface area contributed by atoms with Gasteiger partial charge >= 0.3 is 0 Å². The Morgan fingerprint density at radius 2 is 2.24 bits per heavy atom. The van der Waals surface area contributed by atoms with Crippen LogP contribution in [-0.4, -0.2) is 39.7 Å². The van der Waals surface area contributed by atoms with Crippen molar-refractivity contribution < 1.29 is 9.32 Å². The third kappa shape index (κ3) is 3.65. The number of aryl methyl sites for hydroxylation is 1. The number of carbonyl (C=O) groups excluding carboxylic acids is 1. The molecule has 1 amide bonds. The van der Waals surface area contributed by atoms with Crippen LogP contribution in [-0.2, 0) is 0 Å². The molecular formula is C18H25N5O2. The number of aromatic nitrogens is 3. The molecule has 0 spiro atoms. The minimum atomic E-state index is -0.131. The van der Waals surface area contributed by atoms with Gasteiger partial charge in [-0.15, -0.1) is 0 Å². The zero-order chi connectivity index (χ0) is 18.0. The Balaban J connectivity index is 1.74. The number of carbonyl (C=O) groups is 1. The van der Waals surface area contributed by atoms with Crippen molar-refractivity contribution in [3.8, 4) is 0 Å². The Bertz CT molecular complexity index is 743. The lowest BCUT2D eigenvalue weighted by atomic mass is 9.97. The first-order valence-corrected chi connectivity index (χ1v) is 8.78. The number of amides is 1. The summed E-state index contributed by atoms with van der Waals surface area (Å²) in [6.07, 6.45) is 5.11. The zero-order valence-electron chi connectivity index (χ0n) is 15.2. The molecule has 7 nitrogen and oxygen atoms in total. The van der Waals surface area contributed by atoms with Crippen molar-refractivity contribution in [1.82, 2.24) is 20.4 Å². The summed E-state index contributed by atoms with van der Waals surface area (Å²) in [6, 6.07) is 2.03. The SMILES string of the molecule is Cc1ccnc(N2CCCC(NC(=O)c3conc3C(C)C)C2C)n1. The molecule has 0 aliphatic carbocycles. The van der Waals surface area contributed by atoms with Crippen molar-refractivity contribution in [3.63, 3.8) is 0 Å². The molecule has 0 bridgehead atoms. The number of piperidine rings is 1. The van der Waals surface area contributed by atoms with Gasteiger partial charge in [-0.3, -0.25) is 4.79 Å². The number of rotatable bonds is 4. The van der Waals surface area contributed by atoms with Crippen molar-refractivity contribution in [2.24, 2.45) is 0 Å². The molecular weight excluding hydrogens is 318 g/mol. The average Bonchev–Trinajstić information content (AvgIpc) is 3.07. The van der Waals surface area contributed by atoms with Crippen LogP contribution in [0.25, 0.3) is 0 Å². The van der Waals surface area contributed by atoms with Crippen LogP contribution in [0, 0.1) is 6.92 Å². The van der Waals surface area contributed by atoms with E-state index in [2.05, 4.69) is 32.3 Å². The second-order valence-electron chi connectivity index (χ2n) is 6.92. The first-order chi connectivity index (χ1) is 12.0. The normalized spacial score (nSPS) is 20.8. The molecule has 1 aliphatic heterocycles. The van der Waals surface area contributed by atoms with Gasteiger partial charge in [-0.2, -0.15) is 0 Å². The molecule has 2 aromatic heterocycles. The van der Waals surface area contributed by atoms with Gasteiger partial charge in [0.15, 0.2) is 0 Å². The van der Waals surface area contributed by atoms with E-state index < -0.39 is 0 Å². The smallest absolute Gasteiger partial charge is 0.256 e. The molecule has 0 radical (unpaired) electrons. The van der Waals surface area contributed by atoms with Gasteiger partial charge in [0.25, 0.3) is 5.91 Å². The highest BCUT2D eigenvalue weighted by Gasteiger charge is 2.31. The van der Waals surface area contributed by atoms with E-state index in [0.717, 1.165) is 31.0 Å². The van der Waals surface area contributed by atoms with Gasteiger partial charge in [-0.1, -0.05) is 19.0 Å². The number of anilines is 1. The fourth-order valence-corrected chi connectivity index (χ4v) is 3.27. The lowest BCUT2D eigenvalue weighted by Gasteiger charge is -2.39. The van der Waals surface area contributed by atoms with Crippen LogP contribution in [0.1, 0.15) is 61.3 Å². The topological polar surface area (TPSA) is 84.2 Å². The van der Waals surface area contributed by atoms with E-state index >= 15 is 0 Å². The number of nitrogens with one attached hydrogen (secondary N) is 1. The van der Waals surface area contributed by atoms with Crippen molar-refractivity contribution in [2.75, 3.05) is 11.4 Å². The fraction of sp³-hybridized carbons (Fsp3) is 0.556. The van der Waals surface area contributed by atoms with Gasteiger partial charge in [0.2, 0.25) is 5.95 Å². The lowest BCUT2D eigenvalue weighted by molar-refractivity contribution is 0.0922. The Morgan fingerprint density at radius 3 is 2.96 bits per heavy atom. The quantitative estimate of drug-likeness (QED) is 0.919. The van der Waals surface area contributed by atoms with E-state index in [1.807, 2.05) is 26.8 Å². The summed E-state index contributed by atoms with van der Waals surface area (Å²) in [4.78, 5) is 23.8. The monoisotopic (exact) mass is 343 g/mol. The Kier molecular flexibility index (Phi) is 5.01. The van der Waals surface area contributed by atoms with Gasteiger partial charge in [0.1, 0.15) is 11.8 Å². The molecule has 134 valence electrons. The molecule has 1 aliphatic rings. The second-order valence-corrected chi connectivity index (χ2v) is 6.92. The van der Waals surface area contributed by atoms with Gasteiger partial charge in [0, 0.05) is 30.5 Å². The molecule has 7 heteroatoms. The van der Waals surface area contributed by atoms with E-state index in [4.69, 9.17) is 4.52 Å². The Hall–Kier alpha value is -2.44. The largest absolute Gasteiger partial charge is 0.364 e. The lowest BCUT2D eigenvalue weighted by Crippen LogP contribution is -2.54. The molecule has 25 heavy (non-hydrogen) atoms. The van der Waals surface area contributed by atoms with E-state index in [-0.39, 0.29) is 23.9 Å². The van der Waals surface area contributed by atoms with Gasteiger partial charge in [-0.25, -0.2) is 9.97 Å². The summed E-state index contributed by atoms with van der Waals surface area (Å²) in [6.45, 7) is 8.94. The van der Waals surface area contributed by atoms with Gasteiger partial charge in [-0.05, 0) is 38.7 Å². The molecule has 2 atom stereocenters. The standard InChI is InChI=1S/C18H25N5O2/c1-11(2)16-14(10-25-22-16)17(24)21-15-6-5-9-23(13(15)4)18-19-8-7-12(3)20-18/h7-8,10-11,13,15H,5-6,9H2,1-4H3,(H,21,24). The average molecular weight is 343 g/mol. The minimum Gasteiger partial charge on any atom is -0.364 e. The molecule has 1 saturated heterocycles. The highest BCUT2D eigenvalue weighted by atomic mass is 16.5. The molecule has 2 aromatic rings. The van der Waals surface area contributed by atoms with Crippen LogP contribution < -0.4 is 10.2 Å². The van der Waals surface area contributed by atoms with Gasteiger partial charge in [0.05, 0.1) is 5.69 Å². The van der Waals surface area contributed by atoms with Crippen molar-refractivity contribution in [2.45, 2.75) is 58.5 Å². The fourth-order valence-electron chi connectivity index (χ4n) is 3.27. The molecule has 3 heterocycles. The minimum absolute atomic E-state index is 0.0280. The summed E-state index contributed by atoms with van der Waals surface area (Å²) >= 11 is 0. The molecule has 3 rings (SSSR count). The summed E-state index contributed by atoms with van der Waals surface area (Å²) in [5, 5.41) is 7.10. The van der Waals surface area contributed by atoms with Crippen molar-refractivity contribution in [1.29, 1.82) is 0 Å². The van der Waals surface area contributed by atoms with Crippen molar-refractivity contribution in [3.05, 3.63) is 35.5 Å². The van der Waals surface area contributed by atoms with Gasteiger partial charge < -0.3 is 14.7 Å². The zero-order valence-corrected chi connectivity index (χ0v) is 15.2. The molecule has 0 saturated carbocycles. The summed E-state index contributed by atoms with van der Waals surface area (Å²) in [7, 11) is 0. The molecule has 2 unspecified atom stereocenters. The van der Waals surface area contributed by atoms with Crippen LogP contribution in [0.3, 0.4) is 0 Å². The Labute approximate surface area is 147 Å². The van der Waals surface area contributed by atoms with Crippen LogP contribution >= 0.6 is 0 Å². The van der Waals surface area contributed by atoms with E-state index in [0.29, 0.717) is 11.3 Å². The molecule has 1 fully saturated rings.